The van der Waals surface area contributed by atoms with Crippen LogP contribution in [0.25, 0.3) is 0 Å². The van der Waals surface area contributed by atoms with Gasteiger partial charge in [-0.3, -0.25) is 9.69 Å². The van der Waals surface area contributed by atoms with Crippen LogP contribution in [0, 0.1) is 5.92 Å². The molecule has 5 nitrogen and oxygen atoms in total. The Hall–Kier alpha value is -1.36. The van der Waals surface area contributed by atoms with Gasteiger partial charge in [0.15, 0.2) is 0 Å². The SMILES string of the molecule is CC1CCC(C(=O)O)C(C)N1Cc1noc2c1CCCC2. The van der Waals surface area contributed by atoms with Crippen LogP contribution in [-0.4, -0.2) is 33.2 Å². The molecule has 1 aromatic heterocycles. The largest absolute Gasteiger partial charge is 0.481 e. The van der Waals surface area contributed by atoms with Gasteiger partial charge in [0.05, 0.1) is 5.92 Å². The van der Waals surface area contributed by atoms with Gasteiger partial charge in [0.1, 0.15) is 11.5 Å². The maximum absolute atomic E-state index is 11.4. The van der Waals surface area contributed by atoms with E-state index < -0.39 is 5.97 Å². The second-order valence-corrected chi connectivity index (χ2v) is 6.52. The number of aryl methyl sites for hydroxylation is 1. The zero-order chi connectivity index (χ0) is 15.0. The third-order valence-electron chi connectivity index (χ3n) is 5.25. The number of piperidine rings is 1. The Balaban J connectivity index is 1.79. The van der Waals surface area contributed by atoms with Crippen molar-refractivity contribution in [3.05, 3.63) is 17.0 Å². The molecule has 1 aliphatic heterocycles. The third kappa shape index (κ3) is 2.71. The van der Waals surface area contributed by atoms with E-state index in [2.05, 4.69) is 17.0 Å². The van der Waals surface area contributed by atoms with Crippen molar-refractivity contribution in [1.82, 2.24) is 10.1 Å². The van der Waals surface area contributed by atoms with E-state index in [-0.39, 0.29) is 12.0 Å². The molecule has 0 amide bonds. The molecule has 0 radical (unpaired) electrons. The molecule has 5 heteroatoms. The molecule has 3 atom stereocenters. The summed E-state index contributed by atoms with van der Waals surface area (Å²) in [5.41, 5.74) is 2.30. The fraction of sp³-hybridized carbons (Fsp3) is 0.750. The van der Waals surface area contributed by atoms with Crippen molar-refractivity contribution in [3.63, 3.8) is 0 Å². The van der Waals surface area contributed by atoms with Gasteiger partial charge in [0, 0.05) is 30.6 Å². The Labute approximate surface area is 125 Å². The lowest BCUT2D eigenvalue weighted by molar-refractivity contribution is -0.146. The van der Waals surface area contributed by atoms with E-state index in [9.17, 15) is 9.90 Å². The van der Waals surface area contributed by atoms with Gasteiger partial charge in [-0.25, -0.2) is 0 Å². The first kappa shape index (κ1) is 14.6. The standard InChI is InChI=1S/C16H24N2O3/c1-10-7-8-12(16(19)20)11(2)18(10)9-14-13-5-3-4-6-15(13)21-17-14/h10-12H,3-9H2,1-2H3,(H,19,20). The van der Waals surface area contributed by atoms with Gasteiger partial charge in [-0.2, -0.15) is 0 Å². The van der Waals surface area contributed by atoms with Gasteiger partial charge in [-0.1, -0.05) is 5.16 Å². The summed E-state index contributed by atoms with van der Waals surface area (Å²) in [7, 11) is 0. The topological polar surface area (TPSA) is 66.6 Å². The summed E-state index contributed by atoms with van der Waals surface area (Å²) in [6.45, 7) is 4.92. The van der Waals surface area contributed by atoms with E-state index in [1.54, 1.807) is 0 Å². The number of carboxylic acids is 1. The van der Waals surface area contributed by atoms with Crippen molar-refractivity contribution in [3.8, 4) is 0 Å². The van der Waals surface area contributed by atoms with Crippen LogP contribution < -0.4 is 0 Å². The first-order valence-corrected chi connectivity index (χ1v) is 8.02. The van der Waals surface area contributed by atoms with Crippen molar-refractivity contribution in [2.24, 2.45) is 5.92 Å². The van der Waals surface area contributed by atoms with E-state index in [4.69, 9.17) is 4.52 Å². The van der Waals surface area contributed by atoms with E-state index in [0.29, 0.717) is 12.6 Å². The maximum Gasteiger partial charge on any atom is 0.308 e. The number of nitrogens with zero attached hydrogens (tertiary/aromatic N) is 2. The lowest BCUT2D eigenvalue weighted by Gasteiger charge is -2.42. The van der Waals surface area contributed by atoms with Crippen molar-refractivity contribution >= 4 is 5.97 Å². The van der Waals surface area contributed by atoms with Crippen molar-refractivity contribution in [2.45, 2.75) is 71.0 Å². The Morgan fingerprint density at radius 2 is 2.10 bits per heavy atom. The van der Waals surface area contributed by atoms with Crippen LogP contribution in [0.1, 0.15) is 56.5 Å². The molecule has 1 fully saturated rings. The van der Waals surface area contributed by atoms with Crippen molar-refractivity contribution in [2.75, 3.05) is 0 Å². The monoisotopic (exact) mass is 292 g/mol. The summed E-state index contributed by atoms with van der Waals surface area (Å²) in [5.74, 6) is 0.0915. The van der Waals surface area contributed by atoms with Crippen LogP contribution in [0.15, 0.2) is 4.52 Å². The molecule has 1 saturated heterocycles. The first-order chi connectivity index (χ1) is 10.1. The number of likely N-dealkylation sites (tertiary alicyclic amines) is 1. The highest BCUT2D eigenvalue weighted by molar-refractivity contribution is 5.71. The van der Waals surface area contributed by atoms with E-state index in [1.165, 1.54) is 18.4 Å². The molecule has 2 aliphatic rings. The zero-order valence-electron chi connectivity index (χ0n) is 12.8. The minimum atomic E-state index is -0.679. The fourth-order valence-corrected chi connectivity index (χ4v) is 3.84. The highest BCUT2D eigenvalue weighted by Crippen LogP contribution is 2.31. The fourth-order valence-electron chi connectivity index (χ4n) is 3.84. The Morgan fingerprint density at radius 1 is 1.33 bits per heavy atom. The molecule has 0 spiro atoms. The van der Waals surface area contributed by atoms with Crippen LogP contribution in [0.3, 0.4) is 0 Å². The second kappa shape index (κ2) is 5.79. The molecule has 0 saturated carbocycles. The minimum Gasteiger partial charge on any atom is -0.481 e. The Morgan fingerprint density at radius 3 is 2.86 bits per heavy atom. The number of hydrogen-bond donors (Lipinski definition) is 1. The summed E-state index contributed by atoms with van der Waals surface area (Å²) in [6, 6.07) is 0.439. The molecular weight excluding hydrogens is 268 g/mol. The summed E-state index contributed by atoms with van der Waals surface area (Å²) >= 11 is 0. The van der Waals surface area contributed by atoms with Gasteiger partial charge >= 0.3 is 5.97 Å². The Kier molecular flexibility index (Phi) is 4.02. The van der Waals surface area contributed by atoms with Gasteiger partial charge in [0.2, 0.25) is 0 Å². The highest BCUT2D eigenvalue weighted by Gasteiger charge is 2.37. The molecule has 21 heavy (non-hydrogen) atoms. The molecule has 3 rings (SSSR count). The average Bonchev–Trinajstić information content (AvgIpc) is 2.86. The summed E-state index contributed by atoms with van der Waals surface area (Å²) < 4.78 is 5.48. The lowest BCUT2D eigenvalue weighted by Crippen LogP contribution is -2.50. The number of fused-ring (bicyclic) bond motifs is 1. The number of aromatic nitrogens is 1. The third-order valence-corrected chi connectivity index (χ3v) is 5.25. The summed E-state index contributed by atoms with van der Waals surface area (Å²) in [5, 5.41) is 13.6. The number of aliphatic carboxylic acids is 1. The summed E-state index contributed by atoms with van der Waals surface area (Å²) in [6.07, 6.45) is 6.12. The molecule has 1 aromatic rings. The van der Waals surface area contributed by atoms with Crippen LogP contribution in [0.2, 0.25) is 0 Å². The van der Waals surface area contributed by atoms with Gasteiger partial charge in [-0.05, 0) is 46.0 Å². The molecule has 1 N–H and O–H groups in total. The highest BCUT2D eigenvalue weighted by atomic mass is 16.5. The average molecular weight is 292 g/mol. The molecule has 0 aromatic carbocycles. The van der Waals surface area contributed by atoms with E-state index >= 15 is 0 Å². The van der Waals surface area contributed by atoms with Crippen LogP contribution in [0.5, 0.6) is 0 Å². The molecular formula is C16H24N2O3. The van der Waals surface area contributed by atoms with Crippen LogP contribution in [-0.2, 0) is 24.2 Å². The van der Waals surface area contributed by atoms with Gasteiger partial charge in [0.25, 0.3) is 0 Å². The first-order valence-electron chi connectivity index (χ1n) is 8.02. The second-order valence-electron chi connectivity index (χ2n) is 6.52. The quantitative estimate of drug-likeness (QED) is 0.927. The van der Waals surface area contributed by atoms with Gasteiger partial charge in [-0.15, -0.1) is 0 Å². The molecule has 0 bridgehead atoms. The van der Waals surface area contributed by atoms with E-state index in [1.807, 2.05) is 6.92 Å². The number of carboxylic acid groups (broad SMARTS) is 1. The van der Waals surface area contributed by atoms with Crippen molar-refractivity contribution in [1.29, 1.82) is 0 Å². The maximum atomic E-state index is 11.4. The Bertz CT molecular complexity index is 526. The smallest absolute Gasteiger partial charge is 0.308 e. The zero-order valence-corrected chi connectivity index (χ0v) is 12.8. The van der Waals surface area contributed by atoms with Gasteiger partial charge < -0.3 is 9.63 Å². The lowest BCUT2D eigenvalue weighted by atomic mass is 9.86. The molecule has 3 unspecified atom stereocenters. The van der Waals surface area contributed by atoms with Crippen LogP contribution >= 0.6 is 0 Å². The number of hydrogen-bond acceptors (Lipinski definition) is 4. The number of rotatable bonds is 3. The van der Waals surface area contributed by atoms with E-state index in [0.717, 1.165) is 37.1 Å². The molecule has 2 heterocycles. The normalized spacial score (nSPS) is 30.1. The minimum absolute atomic E-state index is 0.0437. The molecule has 116 valence electrons. The van der Waals surface area contributed by atoms with Crippen LogP contribution in [0.4, 0.5) is 0 Å². The summed E-state index contributed by atoms with van der Waals surface area (Å²) in [4.78, 5) is 13.7. The number of carbonyl (C=O) groups is 1. The molecule has 1 aliphatic carbocycles. The van der Waals surface area contributed by atoms with Crippen molar-refractivity contribution < 1.29 is 14.4 Å². The predicted octanol–water partition coefficient (Wildman–Crippen LogP) is 2.63. The predicted molar refractivity (Wildman–Crippen MR) is 78.0 cm³/mol.